The van der Waals surface area contributed by atoms with Gasteiger partial charge < -0.3 is 89.9 Å². The van der Waals surface area contributed by atoms with Gasteiger partial charge in [-0.05, 0) is 12.8 Å². The molecule has 0 radical (unpaired) electrons. The van der Waals surface area contributed by atoms with E-state index in [9.17, 15) is 61.0 Å². The number of carbonyl (C=O) groups is 1. The predicted octanol–water partition coefficient (Wildman–Crippen LogP) is 5.21. The molecule has 17 atom stereocenters. The first-order valence-electron chi connectivity index (χ1n) is 30.3. The molecule has 3 heterocycles. The second kappa shape index (κ2) is 41.7. The molecular weight excluding hydrogens is 987 g/mol. The van der Waals surface area contributed by atoms with Crippen LogP contribution in [0.1, 0.15) is 226 Å². The first-order valence-corrected chi connectivity index (χ1v) is 30.3. The predicted molar refractivity (Wildman–Crippen MR) is 287 cm³/mol. The van der Waals surface area contributed by atoms with Crippen LogP contribution in [0.4, 0.5) is 0 Å². The number of nitrogens with one attached hydrogen (secondary N) is 1. The first kappa shape index (κ1) is 69.1. The normalized spacial score (nSPS) is 30.9. The fraction of sp³-hybridized carbons (Fsp3) is 0.982. The molecule has 3 rings (SSSR count). The van der Waals surface area contributed by atoms with Gasteiger partial charge in [0.25, 0.3) is 0 Å². The zero-order valence-electron chi connectivity index (χ0n) is 46.8. The average Bonchev–Trinajstić information content (AvgIpc) is 3.41. The van der Waals surface area contributed by atoms with Crippen molar-refractivity contribution < 1.29 is 89.4 Å². The van der Waals surface area contributed by atoms with E-state index >= 15 is 0 Å². The molecule has 450 valence electrons. The SMILES string of the molecule is CCCCCCCCCCCCCCCCCCCCC(O)C(COC1OC(CO)C(OC2OC(CO)C(OC3OC(CO)C(O)C(O)C3O)C(O)C2O)C(O)C1O)NC(=O)CCCCCCCCCCCCCCC. The summed E-state index contributed by atoms with van der Waals surface area (Å²) < 4.78 is 34.3. The molecule has 3 aliphatic heterocycles. The maximum atomic E-state index is 13.3. The molecule has 0 aromatic carbocycles. The standard InChI is InChI=1S/C57H109NO18/c1-3-5-7-9-11-13-15-17-18-19-20-21-23-24-26-28-30-32-34-41(62)40(58-45(63)35-33-31-29-27-25-22-16-14-12-10-8-6-4-2)39-71-55-51(69)48(66)53(43(37-60)73-55)76-57-52(70)49(67)54(44(38-61)74-57)75-56-50(68)47(65)46(64)42(36-59)72-56/h40-44,46-57,59-62,64-70H,3-39H2,1-2H3,(H,58,63). The van der Waals surface area contributed by atoms with E-state index in [0.717, 1.165) is 44.9 Å². The third-order valence-corrected chi connectivity index (χ3v) is 15.7. The summed E-state index contributed by atoms with van der Waals surface area (Å²) in [6, 6.07) is -0.879. The molecule has 0 aliphatic carbocycles. The maximum Gasteiger partial charge on any atom is 0.220 e. The summed E-state index contributed by atoms with van der Waals surface area (Å²) >= 11 is 0. The Hall–Kier alpha value is -1.21. The quantitative estimate of drug-likeness (QED) is 0.0348. The van der Waals surface area contributed by atoms with E-state index in [-0.39, 0.29) is 18.9 Å². The van der Waals surface area contributed by atoms with Crippen LogP contribution in [-0.4, -0.2) is 193 Å². The molecular formula is C57H109NO18. The highest BCUT2D eigenvalue weighted by Gasteiger charge is 2.53. The fourth-order valence-corrected chi connectivity index (χ4v) is 10.7. The van der Waals surface area contributed by atoms with E-state index in [4.69, 9.17) is 28.4 Å². The number of aliphatic hydroxyl groups excluding tert-OH is 11. The first-order chi connectivity index (χ1) is 36.8. The van der Waals surface area contributed by atoms with E-state index < -0.39 is 124 Å². The van der Waals surface area contributed by atoms with Gasteiger partial charge in [0.2, 0.25) is 5.91 Å². The zero-order valence-corrected chi connectivity index (χ0v) is 46.8. The van der Waals surface area contributed by atoms with E-state index in [1.165, 1.54) is 148 Å². The van der Waals surface area contributed by atoms with Gasteiger partial charge in [0.1, 0.15) is 73.2 Å². The summed E-state index contributed by atoms with van der Waals surface area (Å²) in [5.74, 6) is -0.240. The van der Waals surface area contributed by atoms with Crippen LogP contribution in [0.3, 0.4) is 0 Å². The molecule has 19 nitrogen and oxygen atoms in total. The van der Waals surface area contributed by atoms with Gasteiger partial charge in [-0.2, -0.15) is 0 Å². The lowest BCUT2D eigenvalue weighted by atomic mass is 9.96. The van der Waals surface area contributed by atoms with Gasteiger partial charge >= 0.3 is 0 Å². The molecule has 0 saturated carbocycles. The Morgan fingerprint density at radius 1 is 0.421 bits per heavy atom. The van der Waals surface area contributed by atoms with E-state index in [1.807, 2.05) is 0 Å². The van der Waals surface area contributed by atoms with Crippen molar-refractivity contribution in [2.75, 3.05) is 26.4 Å². The average molecular weight is 1100 g/mol. The van der Waals surface area contributed by atoms with Gasteiger partial charge in [-0.15, -0.1) is 0 Å². The minimum Gasteiger partial charge on any atom is -0.394 e. The number of rotatable bonds is 45. The molecule has 0 aromatic heterocycles. The minimum atomic E-state index is -1.97. The molecule has 3 saturated heterocycles. The summed E-state index contributed by atoms with van der Waals surface area (Å²) in [6.07, 6.45) is 11.8. The molecule has 3 aliphatic rings. The van der Waals surface area contributed by atoms with E-state index in [0.29, 0.717) is 12.8 Å². The Morgan fingerprint density at radius 2 is 0.750 bits per heavy atom. The highest BCUT2D eigenvalue weighted by Crippen LogP contribution is 2.33. The second-order valence-electron chi connectivity index (χ2n) is 22.2. The topological polar surface area (TPSA) is 307 Å². The maximum absolute atomic E-state index is 13.3. The van der Waals surface area contributed by atoms with Crippen LogP contribution in [0.15, 0.2) is 0 Å². The molecule has 76 heavy (non-hydrogen) atoms. The van der Waals surface area contributed by atoms with Crippen molar-refractivity contribution in [3.8, 4) is 0 Å². The smallest absolute Gasteiger partial charge is 0.220 e. The van der Waals surface area contributed by atoms with Crippen molar-refractivity contribution >= 4 is 5.91 Å². The summed E-state index contributed by atoms with van der Waals surface area (Å²) in [4.78, 5) is 13.3. The van der Waals surface area contributed by atoms with Crippen LogP contribution in [0.5, 0.6) is 0 Å². The molecule has 0 bridgehead atoms. The van der Waals surface area contributed by atoms with E-state index in [1.54, 1.807) is 0 Å². The van der Waals surface area contributed by atoms with Crippen LogP contribution in [0.25, 0.3) is 0 Å². The number of ether oxygens (including phenoxy) is 6. The lowest BCUT2D eigenvalue weighted by molar-refractivity contribution is -0.379. The number of aliphatic hydroxyl groups is 11. The Bertz CT molecular complexity index is 1400. The van der Waals surface area contributed by atoms with Crippen molar-refractivity contribution in [1.82, 2.24) is 5.32 Å². The third-order valence-electron chi connectivity index (χ3n) is 15.7. The largest absolute Gasteiger partial charge is 0.394 e. The molecule has 0 spiro atoms. The minimum absolute atomic E-state index is 0.240. The number of unbranched alkanes of at least 4 members (excludes halogenated alkanes) is 29. The van der Waals surface area contributed by atoms with Crippen molar-refractivity contribution in [2.24, 2.45) is 0 Å². The van der Waals surface area contributed by atoms with Gasteiger partial charge in [0.15, 0.2) is 18.9 Å². The highest BCUT2D eigenvalue weighted by molar-refractivity contribution is 5.76. The van der Waals surface area contributed by atoms with Crippen LogP contribution >= 0.6 is 0 Å². The van der Waals surface area contributed by atoms with E-state index in [2.05, 4.69) is 19.2 Å². The number of carbonyl (C=O) groups excluding carboxylic acids is 1. The van der Waals surface area contributed by atoms with Crippen LogP contribution in [0, 0.1) is 0 Å². The number of amides is 1. The van der Waals surface area contributed by atoms with Gasteiger partial charge in [-0.1, -0.05) is 206 Å². The molecule has 12 N–H and O–H groups in total. The van der Waals surface area contributed by atoms with Gasteiger partial charge in [0, 0.05) is 6.42 Å². The number of hydrogen-bond donors (Lipinski definition) is 12. The van der Waals surface area contributed by atoms with Gasteiger partial charge in [-0.3, -0.25) is 4.79 Å². The third kappa shape index (κ3) is 25.7. The second-order valence-corrected chi connectivity index (χ2v) is 22.2. The van der Waals surface area contributed by atoms with Gasteiger partial charge in [-0.25, -0.2) is 0 Å². The number of hydrogen-bond acceptors (Lipinski definition) is 18. The summed E-state index contributed by atoms with van der Waals surface area (Å²) in [5.41, 5.74) is 0. The van der Waals surface area contributed by atoms with Gasteiger partial charge in [0.05, 0.1) is 38.6 Å². The Balaban J connectivity index is 1.49. The molecule has 19 heteroatoms. The van der Waals surface area contributed by atoms with Crippen molar-refractivity contribution in [1.29, 1.82) is 0 Å². The Kier molecular flexibility index (Phi) is 37.9. The summed E-state index contributed by atoms with van der Waals surface area (Å²) in [7, 11) is 0. The van der Waals surface area contributed by atoms with Crippen LogP contribution < -0.4 is 5.32 Å². The fourth-order valence-electron chi connectivity index (χ4n) is 10.7. The molecule has 1 amide bonds. The Labute approximate surface area is 455 Å². The lowest BCUT2D eigenvalue weighted by Crippen LogP contribution is -2.66. The lowest BCUT2D eigenvalue weighted by Gasteiger charge is -2.48. The highest BCUT2D eigenvalue weighted by atomic mass is 16.8. The molecule has 17 unspecified atom stereocenters. The Morgan fingerprint density at radius 3 is 1.14 bits per heavy atom. The van der Waals surface area contributed by atoms with Crippen molar-refractivity contribution in [3.63, 3.8) is 0 Å². The zero-order chi connectivity index (χ0) is 55.5. The van der Waals surface area contributed by atoms with Crippen LogP contribution in [-0.2, 0) is 33.2 Å². The van der Waals surface area contributed by atoms with Crippen molar-refractivity contribution in [2.45, 2.75) is 330 Å². The summed E-state index contributed by atoms with van der Waals surface area (Å²) in [6.45, 7) is 1.80. The summed E-state index contributed by atoms with van der Waals surface area (Å²) in [5, 5.41) is 120. The monoisotopic (exact) mass is 1100 g/mol. The van der Waals surface area contributed by atoms with Crippen LogP contribution in [0.2, 0.25) is 0 Å². The molecule has 3 fully saturated rings. The van der Waals surface area contributed by atoms with Crippen molar-refractivity contribution in [3.05, 3.63) is 0 Å². The molecule has 0 aromatic rings.